The predicted octanol–water partition coefficient (Wildman–Crippen LogP) is 21.0. The molecule has 0 aliphatic carbocycles. The van der Waals surface area contributed by atoms with Gasteiger partial charge in [0.05, 0.1) is 6.61 Å². The van der Waals surface area contributed by atoms with Gasteiger partial charge in [-0.2, -0.15) is 0 Å². The number of ether oxygens (including phenoxy) is 1. The zero-order valence-electron chi connectivity index (χ0n) is 41.2. The van der Waals surface area contributed by atoms with Crippen LogP contribution in [0.15, 0.2) is 12.2 Å². The average Bonchev–Trinajstić information content (AvgIpc) is 3.24. The van der Waals surface area contributed by atoms with Crippen molar-refractivity contribution in [3.8, 4) is 0 Å². The van der Waals surface area contributed by atoms with E-state index in [1.165, 1.54) is 302 Å². The lowest BCUT2D eigenvalue weighted by Gasteiger charge is -2.06. The molecule has 0 radical (unpaired) electrons. The van der Waals surface area contributed by atoms with Crippen LogP contribution in [0.3, 0.4) is 0 Å². The number of esters is 1. The Morgan fingerprint density at radius 1 is 0.271 bits per heavy atom. The van der Waals surface area contributed by atoms with Crippen molar-refractivity contribution >= 4 is 5.97 Å². The van der Waals surface area contributed by atoms with Gasteiger partial charge in [0.1, 0.15) is 0 Å². The fourth-order valence-electron chi connectivity index (χ4n) is 8.96. The van der Waals surface area contributed by atoms with Crippen LogP contribution in [0.25, 0.3) is 0 Å². The molecule has 0 spiro atoms. The average molecular weight is 830 g/mol. The zero-order valence-corrected chi connectivity index (χ0v) is 41.2. The maximum atomic E-state index is 12.0. The molecule has 0 amide bonds. The van der Waals surface area contributed by atoms with E-state index in [1.807, 2.05) is 0 Å². The summed E-state index contributed by atoms with van der Waals surface area (Å²) < 4.78 is 5.49. The number of hydrogen-bond acceptors (Lipinski definition) is 2. The highest BCUT2D eigenvalue weighted by atomic mass is 16.5. The van der Waals surface area contributed by atoms with Crippen molar-refractivity contribution in [2.45, 2.75) is 341 Å². The smallest absolute Gasteiger partial charge is 0.305 e. The number of carbonyl (C=O) groups excluding carboxylic acids is 1. The van der Waals surface area contributed by atoms with E-state index in [4.69, 9.17) is 4.74 Å². The lowest BCUT2D eigenvalue weighted by molar-refractivity contribution is -0.143. The molecule has 0 aliphatic heterocycles. The van der Waals surface area contributed by atoms with Crippen molar-refractivity contribution in [1.82, 2.24) is 0 Å². The van der Waals surface area contributed by atoms with Gasteiger partial charge in [0.25, 0.3) is 0 Å². The minimum Gasteiger partial charge on any atom is -0.466 e. The standard InChI is InChI=1S/C57H112O2/c1-3-5-7-9-11-13-15-17-19-20-21-22-23-24-25-26-27-28-29-30-31-32-33-34-35-36-37-38-39-40-42-44-46-48-50-52-54-56-59-57(58)55-53-51-49-47-45-43-41-18-16-14-12-10-8-6-4-2/h18,41H,3-17,19-40,42-56H2,1-2H3/b41-18-. The molecule has 0 N–H and O–H groups in total. The molecule has 0 aromatic heterocycles. The first-order valence-electron chi connectivity index (χ1n) is 28.1. The molecule has 2 heteroatoms. The Morgan fingerprint density at radius 3 is 0.729 bits per heavy atom. The van der Waals surface area contributed by atoms with Crippen LogP contribution in [-0.4, -0.2) is 12.6 Å². The molecule has 352 valence electrons. The molecule has 0 heterocycles. The second-order valence-electron chi connectivity index (χ2n) is 19.3. The third kappa shape index (κ3) is 55.2. The highest BCUT2D eigenvalue weighted by molar-refractivity contribution is 5.69. The molecule has 0 bridgehead atoms. The first kappa shape index (κ1) is 58.2. The monoisotopic (exact) mass is 829 g/mol. The van der Waals surface area contributed by atoms with Crippen molar-refractivity contribution in [2.75, 3.05) is 6.61 Å². The lowest BCUT2D eigenvalue weighted by atomic mass is 10.0. The highest BCUT2D eigenvalue weighted by Crippen LogP contribution is 2.18. The third-order valence-electron chi connectivity index (χ3n) is 13.2. The van der Waals surface area contributed by atoms with Gasteiger partial charge in [-0.15, -0.1) is 0 Å². The van der Waals surface area contributed by atoms with Gasteiger partial charge in [-0.25, -0.2) is 0 Å². The van der Waals surface area contributed by atoms with Crippen molar-refractivity contribution in [1.29, 1.82) is 0 Å². The van der Waals surface area contributed by atoms with Gasteiger partial charge in [-0.05, 0) is 38.5 Å². The second-order valence-corrected chi connectivity index (χ2v) is 19.3. The molecule has 2 nitrogen and oxygen atoms in total. The van der Waals surface area contributed by atoms with Gasteiger partial charge in [-0.3, -0.25) is 4.79 Å². The minimum absolute atomic E-state index is 0.0223. The van der Waals surface area contributed by atoms with Crippen LogP contribution in [0.4, 0.5) is 0 Å². The summed E-state index contributed by atoms with van der Waals surface area (Å²) in [5, 5.41) is 0. The fraction of sp³-hybridized carbons (Fsp3) is 0.947. The Hall–Kier alpha value is -0.790. The molecule has 0 saturated heterocycles. The van der Waals surface area contributed by atoms with E-state index in [0.29, 0.717) is 13.0 Å². The summed E-state index contributed by atoms with van der Waals surface area (Å²) in [5.74, 6) is 0.0223. The zero-order chi connectivity index (χ0) is 42.5. The van der Waals surface area contributed by atoms with Crippen molar-refractivity contribution < 1.29 is 9.53 Å². The van der Waals surface area contributed by atoms with Crippen LogP contribution in [0.1, 0.15) is 341 Å². The summed E-state index contributed by atoms with van der Waals surface area (Å²) in [6, 6.07) is 0. The minimum atomic E-state index is 0.0223. The first-order valence-corrected chi connectivity index (χ1v) is 28.1. The Balaban J connectivity index is 3.14. The van der Waals surface area contributed by atoms with E-state index in [9.17, 15) is 4.79 Å². The number of carbonyl (C=O) groups is 1. The largest absolute Gasteiger partial charge is 0.466 e. The highest BCUT2D eigenvalue weighted by Gasteiger charge is 2.03. The van der Waals surface area contributed by atoms with Crippen LogP contribution in [0.2, 0.25) is 0 Å². The van der Waals surface area contributed by atoms with Crippen LogP contribution in [-0.2, 0) is 9.53 Å². The van der Waals surface area contributed by atoms with E-state index in [1.54, 1.807) is 0 Å². The summed E-state index contributed by atoms with van der Waals surface area (Å²) in [6.07, 6.45) is 75.4. The molecule has 0 fully saturated rings. The number of rotatable bonds is 53. The first-order chi connectivity index (χ1) is 29.3. The number of unbranched alkanes of at least 4 members (excludes halogenated alkanes) is 47. The van der Waals surface area contributed by atoms with E-state index >= 15 is 0 Å². The maximum Gasteiger partial charge on any atom is 0.305 e. The fourth-order valence-corrected chi connectivity index (χ4v) is 8.96. The Kier molecular flexibility index (Phi) is 54.5. The number of allylic oxidation sites excluding steroid dienone is 2. The van der Waals surface area contributed by atoms with Gasteiger partial charge in [0.2, 0.25) is 0 Å². The van der Waals surface area contributed by atoms with Crippen molar-refractivity contribution in [2.24, 2.45) is 0 Å². The Labute approximate surface area is 374 Å². The van der Waals surface area contributed by atoms with Crippen molar-refractivity contribution in [3.05, 3.63) is 12.2 Å². The summed E-state index contributed by atoms with van der Waals surface area (Å²) in [6.45, 7) is 5.22. The molecule has 0 aromatic rings. The van der Waals surface area contributed by atoms with Gasteiger partial charge in [-0.1, -0.05) is 309 Å². The topological polar surface area (TPSA) is 26.3 Å². The summed E-state index contributed by atoms with van der Waals surface area (Å²) in [7, 11) is 0. The third-order valence-corrected chi connectivity index (χ3v) is 13.2. The molecule has 0 rings (SSSR count). The van der Waals surface area contributed by atoms with E-state index < -0.39 is 0 Å². The Morgan fingerprint density at radius 2 is 0.475 bits per heavy atom. The molecule has 0 saturated carbocycles. The summed E-state index contributed by atoms with van der Waals surface area (Å²) in [5.41, 5.74) is 0. The Bertz CT molecular complexity index is 773. The molecular formula is C57H112O2. The number of hydrogen-bond donors (Lipinski definition) is 0. The van der Waals surface area contributed by atoms with Crippen LogP contribution in [0.5, 0.6) is 0 Å². The normalized spacial score (nSPS) is 11.7. The predicted molar refractivity (Wildman–Crippen MR) is 267 cm³/mol. The molecule has 0 aromatic carbocycles. The maximum absolute atomic E-state index is 12.0. The summed E-state index contributed by atoms with van der Waals surface area (Å²) in [4.78, 5) is 12.0. The molecule has 0 atom stereocenters. The molecular weight excluding hydrogens is 717 g/mol. The van der Waals surface area contributed by atoms with Gasteiger partial charge in [0.15, 0.2) is 0 Å². The molecule has 0 unspecified atom stereocenters. The van der Waals surface area contributed by atoms with Gasteiger partial charge < -0.3 is 4.74 Å². The second kappa shape index (κ2) is 55.2. The van der Waals surface area contributed by atoms with E-state index in [2.05, 4.69) is 26.0 Å². The van der Waals surface area contributed by atoms with Crippen LogP contribution < -0.4 is 0 Å². The molecule has 0 aliphatic rings. The van der Waals surface area contributed by atoms with Gasteiger partial charge >= 0.3 is 5.97 Å². The van der Waals surface area contributed by atoms with Crippen molar-refractivity contribution in [3.63, 3.8) is 0 Å². The quantitative estimate of drug-likeness (QED) is 0.0347. The molecule has 59 heavy (non-hydrogen) atoms. The summed E-state index contributed by atoms with van der Waals surface area (Å²) >= 11 is 0. The van der Waals surface area contributed by atoms with Crippen LogP contribution >= 0.6 is 0 Å². The van der Waals surface area contributed by atoms with E-state index in [0.717, 1.165) is 19.3 Å². The van der Waals surface area contributed by atoms with Gasteiger partial charge in [0, 0.05) is 6.42 Å². The SMILES string of the molecule is CCCCCCCC/C=C\CCCCCCCC(=O)OCCCCCCCCCCCCCCCCCCCCCCCCCCCCCCCCCCCCCCC. The van der Waals surface area contributed by atoms with Crippen LogP contribution in [0, 0.1) is 0 Å². The van der Waals surface area contributed by atoms with E-state index in [-0.39, 0.29) is 5.97 Å². The lowest BCUT2D eigenvalue weighted by Crippen LogP contribution is -2.05.